The molecule has 0 saturated heterocycles. The van der Waals surface area contributed by atoms with Crippen LogP contribution in [0.2, 0.25) is 0 Å². The molecule has 1 fully saturated rings. The molecule has 27 heavy (non-hydrogen) atoms. The summed E-state index contributed by atoms with van der Waals surface area (Å²) in [5.41, 5.74) is 3.65. The second-order valence-corrected chi connectivity index (χ2v) is 9.29. The highest BCUT2D eigenvalue weighted by Crippen LogP contribution is 2.57. The topological polar surface area (TPSA) is 66.8 Å². The van der Waals surface area contributed by atoms with Gasteiger partial charge in [-0.15, -0.1) is 0 Å². The average Bonchev–Trinajstić information content (AvgIpc) is 2.65. The quantitative estimate of drug-likeness (QED) is 0.771. The first-order valence-electron chi connectivity index (χ1n) is 10.3. The molecule has 2 aliphatic rings. The maximum atomic E-state index is 13.0. The molecule has 2 aliphatic carbocycles. The molecule has 1 unspecified atom stereocenters. The van der Waals surface area contributed by atoms with E-state index in [4.69, 9.17) is 9.84 Å². The summed E-state index contributed by atoms with van der Waals surface area (Å²) in [6, 6.07) is 6.91. The van der Waals surface area contributed by atoms with Crippen molar-refractivity contribution in [2.75, 3.05) is 13.2 Å². The van der Waals surface area contributed by atoms with Crippen LogP contribution in [0.25, 0.3) is 0 Å². The van der Waals surface area contributed by atoms with Crippen LogP contribution >= 0.6 is 0 Å². The van der Waals surface area contributed by atoms with E-state index >= 15 is 0 Å². The molecule has 0 amide bonds. The van der Waals surface area contributed by atoms with Crippen molar-refractivity contribution in [3.05, 3.63) is 34.9 Å². The highest BCUT2D eigenvalue weighted by Gasteiger charge is 2.55. The Morgan fingerprint density at radius 1 is 1.30 bits per heavy atom. The Balaban J connectivity index is 1.90. The molecule has 4 heteroatoms. The first-order chi connectivity index (χ1) is 12.7. The third-order valence-electron chi connectivity index (χ3n) is 7.13. The van der Waals surface area contributed by atoms with Gasteiger partial charge in [-0.05, 0) is 66.5 Å². The third kappa shape index (κ3) is 3.54. The number of aliphatic hydroxyl groups is 2. The Morgan fingerprint density at radius 2 is 2.04 bits per heavy atom. The fraction of sp³-hybridized carbons (Fsp3) is 0.696. The van der Waals surface area contributed by atoms with E-state index in [1.54, 1.807) is 0 Å². The molecule has 150 valence electrons. The van der Waals surface area contributed by atoms with Crippen molar-refractivity contribution in [3.8, 4) is 0 Å². The average molecular weight is 375 g/mol. The molecule has 1 aromatic carbocycles. The van der Waals surface area contributed by atoms with Gasteiger partial charge in [0.15, 0.2) is 0 Å². The van der Waals surface area contributed by atoms with E-state index in [0.29, 0.717) is 5.92 Å². The Morgan fingerprint density at radius 3 is 2.70 bits per heavy atom. The van der Waals surface area contributed by atoms with Crippen molar-refractivity contribution in [2.24, 2.45) is 11.3 Å². The first kappa shape index (κ1) is 20.3. The number of esters is 1. The van der Waals surface area contributed by atoms with Gasteiger partial charge < -0.3 is 14.9 Å². The van der Waals surface area contributed by atoms with E-state index in [2.05, 4.69) is 39.0 Å². The largest absolute Gasteiger partial charge is 0.462 e. The van der Waals surface area contributed by atoms with Crippen LogP contribution in [0.5, 0.6) is 0 Å². The smallest absolute Gasteiger partial charge is 0.312 e. The number of aryl methyl sites for hydroxylation is 1. The molecule has 0 spiro atoms. The van der Waals surface area contributed by atoms with Crippen molar-refractivity contribution in [1.29, 1.82) is 0 Å². The van der Waals surface area contributed by atoms with E-state index in [1.807, 2.05) is 6.92 Å². The van der Waals surface area contributed by atoms with Crippen molar-refractivity contribution in [2.45, 2.75) is 77.2 Å². The minimum absolute atomic E-state index is 0.0231. The Labute approximate surface area is 162 Å². The SMILES string of the molecule is CC(C)c1ccc2c(c1)CC[C@H]1[C@](C)(C(=O)OCC(O)CO)CCC[C@]21C. The zero-order valence-corrected chi connectivity index (χ0v) is 17.1. The number of fused-ring (bicyclic) bond motifs is 3. The molecule has 0 aromatic heterocycles. The maximum absolute atomic E-state index is 13.0. The second kappa shape index (κ2) is 7.56. The number of aliphatic hydroxyl groups excluding tert-OH is 2. The highest BCUT2D eigenvalue weighted by molar-refractivity contribution is 5.77. The minimum atomic E-state index is -1.01. The van der Waals surface area contributed by atoms with Gasteiger partial charge in [0.1, 0.15) is 12.7 Å². The summed E-state index contributed by atoms with van der Waals surface area (Å²) in [7, 11) is 0. The number of carbonyl (C=O) groups excluding carboxylic acids is 1. The fourth-order valence-electron chi connectivity index (χ4n) is 5.50. The molecule has 4 nitrogen and oxygen atoms in total. The normalized spacial score (nSPS) is 31.1. The van der Waals surface area contributed by atoms with E-state index < -0.39 is 18.1 Å². The Kier molecular flexibility index (Phi) is 5.69. The summed E-state index contributed by atoms with van der Waals surface area (Å²) in [4.78, 5) is 13.0. The monoisotopic (exact) mass is 374 g/mol. The first-order valence-corrected chi connectivity index (χ1v) is 10.3. The van der Waals surface area contributed by atoms with Gasteiger partial charge in [0.25, 0.3) is 0 Å². The summed E-state index contributed by atoms with van der Waals surface area (Å²) in [5.74, 6) is 0.522. The van der Waals surface area contributed by atoms with Crippen LogP contribution in [0, 0.1) is 11.3 Å². The predicted molar refractivity (Wildman–Crippen MR) is 106 cm³/mol. The lowest BCUT2D eigenvalue weighted by Crippen LogP contribution is -2.53. The number of carbonyl (C=O) groups is 1. The molecule has 4 atom stereocenters. The standard InChI is InChI=1S/C23H34O4/c1-15(2)16-6-8-19-17(12-16)7-9-20-22(19,3)10-5-11-23(20,4)21(26)27-14-18(25)13-24/h6,8,12,15,18,20,24-25H,5,7,9-11,13-14H2,1-4H3/t18?,20-,22-,23-/m1/s1. The van der Waals surface area contributed by atoms with Gasteiger partial charge in [-0.2, -0.15) is 0 Å². The van der Waals surface area contributed by atoms with E-state index in [-0.39, 0.29) is 23.9 Å². The second-order valence-electron chi connectivity index (χ2n) is 9.29. The van der Waals surface area contributed by atoms with Gasteiger partial charge in [-0.1, -0.05) is 45.4 Å². The molecule has 0 bridgehead atoms. The lowest BCUT2D eigenvalue weighted by molar-refractivity contribution is -0.168. The van der Waals surface area contributed by atoms with E-state index in [9.17, 15) is 9.90 Å². The Hall–Kier alpha value is -1.39. The van der Waals surface area contributed by atoms with Crippen LogP contribution in [-0.4, -0.2) is 35.5 Å². The third-order valence-corrected chi connectivity index (χ3v) is 7.13. The lowest BCUT2D eigenvalue weighted by atomic mass is 9.49. The lowest BCUT2D eigenvalue weighted by Gasteiger charge is -2.54. The number of hydrogen-bond acceptors (Lipinski definition) is 4. The zero-order valence-electron chi connectivity index (χ0n) is 17.1. The van der Waals surface area contributed by atoms with Crippen LogP contribution < -0.4 is 0 Å². The molecule has 0 heterocycles. The molecule has 2 N–H and O–H groups in total. The minimum Gasteiger partial charge on any atom is -0.462 e. The summed E-state index contributed by atoms with van der Waals surface area (Å²) < 4.78 is 5.42. The van der Waals surface area contributed by atoms with Gasteiger partial charge in [-0.25, -0.2) is 0 Å². The summed E-state index contributed by atoms with van der Waals surface area (Å²) in [6.07, 6.45) is 3.88. The highest BCUT2D eigenvalue weighted by atomic mass is 16.5. The number of ether oxygens (including phenoxy) is 1. The zero-order chi connectivity index (χ0) is 19.8. The molecular formula is C23H34O4. The molecule has 3 rings (SSSR count). The number of rotatable bonds is 5. The predicted octanol–water partition coefficient (Wildman–Crippen LogP) is 3.72. The molecule has 0 radical (unpaired) electrons. The van der Waals surface area contributed by atoms with Gasteiger partial charge in [0.05, 0.1) is 12.0 Å². The fourth-order valence-corrected chi connectivity index (χ4v) is 5.50. The van der Waals surface area contributed by atoms with Crippen molar-refractivity contribution >= 4 is 5.97 Å². The summed E-state index contributed by atoms with van der Waals surface area (Å²) in [5, 5.41) is 18.5. The van der Waals surface area contributed by atoms with Crippen LogP contribution in [0.4, 0.5) is 0 Å². The van der Waals surface area contributed by atoms with E-state index in [0.717, 1.165) is 32.1 Å². The van der Waals surface area contributed by atoms with Crippen molar-refractivity contribution in [3.63, 3.8) is 0 Å². The van der Waals surface area contributed by atoms with Crippen LogP contribution in [0.3, 0.4) is 0 Å². The maximum Gasteiger partial charge on any atom is 0.312 e. The van der Waals surface area contributed by atoms with Crippen molar-refractivity contribution < 1.29 is 19.7 Å². The van der Waals surface area contributed by atoms with Crippen molar-refractivity contribution in [1.82, 2.24) is 0 Å². The summed E-state index contributed by atoms with van der Waals surface area (Å²) in [6.45, 7) is 8.28. The Bertz CT molecular complexity index is 698. The molecule has 1 aromatic rings. The number of benzene rings is 1. The van der Waals surface area contributed by atoms with Crippen LogP contribution in [0.1, 0.15) is 76.0 Å². The van der Waals surface area contributed by atoms with Gasteiger partial charge in [0, 0.05) is 0 Å². The van der Waals surface area contributed by atoms with Crippen LogP contribution in [0.15, 0.2) is 18.2 Å². The summed E-state index contributed by atoms with van der Waals surface area (Å²) >= 11 is 0. The molecule has 1 saturated carbocycles. The molecule has 0 aliphatic heterocycles. The van der Waals surface area contributed by atoms with Gasteiger partial charge >= 0.3 is 5.97 Å². The number of hydrogen-bond donors (Lipinski definition) is 2. The van der Waals surface area contributed by atoms with Crippen LogP contribution in [-0.2, 0) is 21.4 Å². The van der Waals surface area contributed by atoms with E-state index in [1.165, 1.54) is 16.7 Å². The molecular weight excluding hydrogens is 340 g/mol. The van der Waals surface area contributed by atoms with Gasteiger partial charge in [-0.3, -0.25) is 4.79 Å². The van der Waals surface area contributed by atoms with Gasteiger partial charge in [0.2, 0.25) is 0 Å².